The van der Waals surface area contributed by atoms with Gasteiger partial charge in [0.1, 0.15) is 0 Å². The molecule has 2 rings (SSSR count). The van der Waals surface area contributed by atoms with E-state index < -0.39 is 0 Å². The molecule has 0 spiro atoms. The second-order valence-corrected chi connectivity index (χ2v) is 6.58. The fourth-order valence-corrected chi connectivity index (χ4v) is 3.90. The van der Waals surface area contributed by atoms with Gasteiger partial charge >= 0.3 is 0 Å². The number of unbranched alkanes of at least 4 members (excludes halogenated alkanes) is 1. The molecule has 2 aliphatic rings. The lowest BCUT2D eigenvalue weighted by atomic mass is 9.78. The number of hydrogen-bond acceptors (Lipinski definition) is 3. The maximum absolute atomic E-state index is 10.3. The average molecular weight is 283 g/mol. The van der Waals surface area contributed by atoms with Crippen molar-refractivity contribution in [3.8, 4) is 0 Å². The normalized spacial score (nSPS) is 32.4. The van der Waals surface area contributed by atoms with Gasteiger partial charge < -0.3 is 9.84 Å². The predicted octanol–water partition coefficient (Wildman–Crippen LogP) is 3.21. The molecule has 1 heterocycles. The molecule has 1 aliphatic carbocycles. The average Bonchev–Trinajstić information content (AvgIpc) is 2.48. The molecule has 3 heteroatoms. The minimum atomic E-state index is -0.0599. The molecule has 1 saturated heterocycles. The Kier molecular flexibility index (Phi) is 7.32. The number of nitrogens with zero attached hydrogens (tertiary/aromatic N) is 1. The summed E-state index contributed by atoms with van der Waals surface area (Å²) in [6, 6.07) is 0.605. The molecule has 3 nitrogen and oxygen atoms in total. The monoisotopic (exact) mass is 283 g/mol. The van der Waals surface area contributed by atoms with Crippen LogP contribution < -0.4 is 0 Å². The first kappa shape index (κ1) is 16.3. The molecule has 3 unspecified atom stereocenters. The van der Waals surface area contributed by atoms with Crippen LogP contribution in [0.4, 0.5) is 0 Å². The highest BCUT2D eigenvalue weighted by molar-refractivity contribution is 4.88. The summed E-state index contributed by atoms with van der Waals surface area (Å²) in [5.41, 5.74) is 0. The van der Waals surface area contributed by atoms with Gasteiger partial charge in [-0.25, -0.2) is 0 Å². The summed E-state index contributed by atoms with van der Waals surface area (Å²) in [6.45, 7) is 6.22. The van der Waals surface area contributed by atoms with E-state index in [1.807, 2.05) is 0 Å². The zero-order valence-electron chi connectivity index (χ0n) is 13.2. The smallest absolute Gasteiger partial charge is 0.0593 e. The Morgan fingerprint density at radius 2 is 1.85 bits per heavy atom. The first-order valence-electron chi connectivity index (χ1n) is 8.82. The molecule has 0 aromatic heterocycles. The van der Waals surface area contributed by atoms with Gasteiger partial charge in [-0.1, -0.05) is 32.6 Å². The molecule has 0 bridgehead atoms. The van der Waals surface area contributed by atoms with E-state index in [-0.39, 0.29) is 6.10 Å². The predicted molar refractivity (Wildman–Crippen MR) is 82.9 cm³/mol. The molecule has 0 amide bonds. The van der Waals surface area contributed by atoms with Crippen molar-refractivity contribution < 1.29 is 9.84 Å². The van der Waals surface area contributed by atoms with Gasteiger partial charge in [-0.3, -0.25) is 4.90 Å². The van der Waals surface area contributed by atoms with Crippen LogP contribution >= 0.6 is 0 Å². The second-order valence-electron chi connectivity index (χ2n) is 6.58. The van der Waals surface area contributed by atoms with E-state index in [0.717, 1.165) is 26.2 Å². The fraction of sp³-hybridized carbons (Fsp3) is 1.00. The minimum Gasteiger partial charge on any atom is -0.393 e. The minimum absolute atomic E-state index is 0.0599. The van der Waals surface area contributed by atoms with E-state index in [1.54, 1.807) is 0 Å². The molecule has 20 heavy (non-hydrogen) atoms. The standard InChI is InChI=1S/C17H33NO2/c1-2-3-13-20-14-12-18-11-7-6-9-16(18)15-8-4-5-10-17(15)19/h15-17,19H,2-14H2,1H3. The lowest BCUT2D eigenvalue weighted by Gasteiger charge is -2.43. The number of likely N-dealkylation sites (tertiary alicyclic amines) is 1. The molecule has 1 N–H and O–H groups in total. The third kappa shape index (κ3) is 4.71. The quantitative estimate of drug-likeness (QED) is 0.728. The molecule has 3 atom stereocenters. The van der Waals surface area contributed by atoms with Gasteiger partial charge in [-0.15, -0.1) is 0 Å². The first-order chi connectivity index (χ1) is 9.83. The molecule has 2 fully saturated rings. The highest BCUT2D eigenvalue weighted by Crippen LogP contribution is 2.33. The molecule has 0 aromatic rings. The summed E-state index contributed by atoms with van der Waals surface area (Å²) >= 11 is 0. The van der Waals surface area contributed by atoms with Crippen LogP contribution in [-0.2, 0) is 4.74 Å². The van der Waals surface area contributed by atoms with Crippen LogP contribution in [0.1, 0.15) is 64.7 Å². The van der Waals surface area contributed by atoms with Crippen molar-refractivity contribution in [2.45, 2.75) is 76.9 Å². The molecular weight excluding hydrogens is 250 g/mol. The highest BCUT2D eigenvalue weighted by atomic mass is 16.5. The van der Waals surface area contributed by atoms with E-state index in [0.29, 0.717) is 12.0 Å². The van der Waals surface area contributed by atoms with Gasteiger partial charge in [-0.2, -0.15) is 0 Å². The van der Waals surface area contributed by atoms with Crippen LogP contribution in [0.25, 0.3) is 0 Å². The number of rotatable bonds is 7. The fourth-order valence-electron chi connectivity index (χ4n) is 3.90. The first-order valence-corrected chi connectivity index (χ1v) is 8.82. The van der Waals surface area contributed by atoms with Crippen molar-refractivity contribution in [1.29, 1.82) is 0 Å². The van der Waals surface area contributed by atoms with Gasteiger partial charge in [0.2, 0.25) is 0 Å². The summed E-state index contributed by atoms with van der Waals surface area (Å²) < 4.78 is 5.74. The maximum atomic E-state index is 10.3. The zero-order chi connectivity index (χ0) is 14.2. The van der Waals surface area contributed by atoms with E-state index in [4.69, 9.17) is 4.74 Å². The lowest BCUT2D eigenvalue weighted by Crippen LogP contribution is -2.49. The number of hydrogen-bond donors (Lipinski definition) is 1. The van der Waals surface area contributed by atoms with Crippen LogP contribution in [0.3, 0.4) is 0 Å². The van der Waals surface area contributed by atoms with E-state index >= 15 is 0 Å². The molecule has 0 radical (unpaired) electrons. The van der Waals surface area contributed by atoms with E-state index in [2.05, 4.69) is 11.8 Å². The van der Waals surface area contributed by atoms with Crippen LogP contribution in [0.5, 0.6) is 0 Å². The van der Waals surface area contributed by atoms with Gasteiger partial charge in [0, 0.05) is 25.1 Å². The number of aliphatic hydroxyl groups is 1. The molecule has 1 saturated carbocycles. The summed E-state index contributed by atoms with van der Waals surface area (Å²) in [7, 11) is 0. The Hall–Kier alpha value is -0.120. The summed E-state index contributed by atoms with van der Waals surface area (Å²) in [5.74, 6) is 0.514. The summed E-state index contributed by atoms with van der Waals surface area (Å²) in [5, 5.41) is 10.3. The van der Waals surface area contributed by atoms with Crippen LogP contribution in [0, 0.1) is 5.92 Å². The third-order valence-electron chi connectivity index (χ3n) is 5.11. The van der Waals surface area contributed by atoms with Gasteiger partial charge in [0.15, 0.2) is 0 Å². The highest BCUT2D eigenvalue weighted by Gasteiger charge is 2.35. The molecule has 118 valence electrons. The number of piperidine rings is 1. The van der Waals surface area contributed by atoms with Crippen LogP contribution in [-0.4, -0.2) is 48.5 Å². The molecule has 1 aliphatic heterocycles. The maximum Gasteiger partial charge on any atom is 0.0593 e. The number of ether oxygens (including phenoxy) is 1. The van der Waals surface area contributed by atoms with Crippen molar-refractivity contribution in [3.63, 3.8) is 0 Å². The largest absolute Gasteiger partial charge is 0.393 e. The SMILES string of the molecule is CCCCOCCN1CCCCC1C1CCCCC1O. The van der Waals surface area contributed by atoms with Gasteiger partial charge in [-0.05, 0) is 38.6 Å². The van der Waals surface area contributed by atoms with Crippen molar-refractivity contribution >= 4 is 0 Å². The van der Waals surface area contributed by atoms with E-state index in [9.17, 15) is 5.11 Å². The van der Waals surface area contributed by atoms with Crippen molar-refractivity contribution in [3.05, 3.63) is 0 Å². The Morgan fingerprint density at radius 1 is 1.05 bits per heavy atom. The van der Waals surface area contributed by atoms with Gasteiger partial charge in [0.05, 0.1) is 12.7 Å². The Morgan fingerprint density at radius 3 is 2.65 bits per heavy atom. The Balaban J connectivity index is 1.78. The summed E-state index contributed by atoms with van der Waals surface area (Å²) in [6.07, 6.45) is 11.0. The van der Waals surface area contributed by atoms with Crippen LogP contribution in [0.15, 0.2) is 0 Å². The van der Waals surface area contributed by atoms with E-state index in [1.165, 1.54) is 57.9 Å². The topological polar surface area (TPSA) is 32.7 Å². The van der Waals surface area contributed by atoms with Crippen molar-refractivity contribution in [2.24, 2.45) is 5.92 Å². The van der Waals surface area contributed by atoms with Crippen LogP contribution in [0.2, 0.25) is 0 Å². The summed E-state index contributed by atoms with van der Waals surface area (Å²) in [4.78, 5) is 2.61. The lowest BCUT2D eigenvalue weighted by molar-refractivity contribution is -0.0158. The number of aliphatic hydroxyl groups excluding tert-OH is 1. The third-order valence-corrected chi connectivity index (χ3v) is 5.11. The zero-order valence-corrected chi connectivity index (χ0v) is 13.2. The molecular formula is C17H33NO2. The Bertz CT molecular complexity index is 259. The van der Waals surface area contributed by atoms with Gasteiger partial charge in [0.25, 0.3) is 0 Å². The second kappa shape index (κ2) is 9.01. The van der Waals surface area contributed by atoms with Crippen molar-refractivity contribution in [2.75, 3.05) is 26.3 Å². The molecule has 0 aromatic carbocycles. The Labute approximate surface area is 124 Å². The van der Waals surface area contributed by atoms with Crippen molar-refractivity contribution in [1.82, 2.24) is 4.90 Å².